The largest absolute Gasteiger partial charge is 0.370 e. The van der Waals surface area contributed by atoms with Crippen molar-refractivity contribution in [2.45, 2.75) is 58.0 Å². The van der Waals surface area contributed by atoms with Crippen LogP contribution < -0.4 is 11.1 Å². The Morgan fingerprint density at radius 3 is 2.69 bits per heavy atom. The Morgan fingerprint density at radius 2 is 2.23 bits per heavy atom. The number of nitrogens with zero attached hydrogens (tertiary/aromatic N) is 1. The number of nitrogens with two attached hydrogens (primary N) is 1. The fourth-order valence-corrected chi connectivity index (χ4v) is 1.37. The van der Waals surface area contributed by atoms with Crippen molar-refractivity contribution in [2.24, 2.45) is 10.7 Å². The molecule has 1 atom stereocenters. The first-order chi connectivity index (χ1) is 6.26. The van der Waals surface area contributed by atoms with E-state index in [4.69, 9.17) is 5.73 Å². The fraction of sp³-hybridized carbons (Fsp3) is 0.900. The molecule has 0 radical (unpaired) electrons. The molecule has 0 spiro atoms. The molecule has 0 aromatic heterocycles. The molecule has 1 fully saturated rings. The molecule has 0 heterocycles. The molecular weight excluding hydrogens is 162 g/mol. The van der Waals surface area contributed by atoms with Crippen molar-refractivity contribution in [3.8, 4) is 0 Å². The number of hydrogen-bond donors (Lipinski definition) is 2. The average Bonchev–Trinajstić information content (AvgIpc) is 2.87. The van der Waals surface area contributed by atoms with E-state index in [0.717, 1.165) is 6.42 Å². The second-order valence-corrected chi connectivity index (χ2v) is 3.78. The molecule has 3 N–H and O–H groups in total. The van der Waals surface area contributed by atoms with Gasteiger partial charge < -0.3 is 11.1 Å². The zero-order valence-corrected chi connectivity index (χ0v) is 8.71. The summed E-state index contributed by atoms with van der Waals surface area (Å²) < 4.78 is 0. The van der Waals surface area contributed by atoms with Crippen molar-refractivity contribution in [1.82, 2.24) is 5.32 Å². The zero-order chi connectivity index (χ0) is 9.68. The van der Waals surface area contributed by atoms with Crippen LogP contribution in [0.25, 0.3) is 0 Å². The van der Waals surface area contributed by atoms with Crippen LogP contribution in [-0.2, 0) is 0 Å². The number of hydrogen-bond acceptors (Lipinski definition) is 1. The van der Waals surface area contributed by atoms with Gasteiger partial charge in [-0.25, -0.2) is 0 Å². The van der Waals surface area contributed by atoms with E-state index in [1.54, 1.807) is 0 Å². The van der Waals surface area contributed by atoms with E-state index in [-0.39, 0.29) is 0 Å². The minimum Gasteiger partial charge on any atom is -0.370 e. The minimum absolute atomic E-state index is 0.507. The summed E-state index contributed by atoms with van der Waals surface area (Å²) in [5.74, 6) is 0.641. The van der Waals surface area contributed by atoms with Gasteiger partial charge in [0.25, 0.3) is 0 Å². The lowest BCUT2D eigenvalue weighted by atomic mass is 10.1. The zero-order valence-electron chi connectivity index (χ0n) is 8.71. The molecule has 3 nitrogen and oxygen atoms in total. The molecule has 1 aliphatic carbocycles. The molecule has 0 aromatic carbocycles. The van der Waals surface area contributed by atoms with E-state index in [1.807, 2.05) is 0 Å². The molecule has 1 unspecified atom stereocenters. The summed E-state index contributed by atoms with van der Waals surface area (Å²) in [4.78, 5) is 4.34. The molecule has 0 saturated heterocycles. The molecule has 0 amide bonds. The molecular formula is C10H21N3. The lowest BCUT2D eigenvalue weighted by molar-refractivity contribution is 0.533. The quantitative estimate of drug-likeness (QED) is 0.503. The Hall–Kier alpha value is -0.730. The van der Waals surface area contributed by atoms with Gasteiger partial charge in [0.2, 0.25) is 0 Å². The standard InChI is InChI=1S/C10H21N3/c1-3-5-8(4-2)12-10(11)13-9-6-7-9/h8-9H,3-7H2,1-2H3,(H3,11,12,13). The van der Waals surface area contributed by atoms with Crippen LogP contribution in [0.15, 0.2) is 4.99 Å². The first-order valence-corrected chi connectivity index (χ1v) is 5.36. The van der Waals surface area contributed by atoms with Gasteiger partial charge in [-0.2, -0.15) is 0 Å². The Balaban J connectivity index is 2.26. The summed E-state index contributed by atoms with van der Waals surface area (Å²) in [6, 6.07) is 1.03. The summed E-state index contributed by atoms with van der Waals surface area (Å²) in [6.07, 6.45) is 5.92. The summed E-state index contributed by atoms with van der Waals surface area (Å²) >= 11 is 0. The highest BCUT2D eigenvalue weighted by Gasteiger charge is 2.20. The third-order valence-electron chi connectivity index (χ3n) is 2.35. The summed E-state index contributed by atoms with van der Waals surface area (Å²) in [5.41, 5.74) is 5.76. The van der Waals surface area contributed by atoms with Gasteiger partial charge in [-0.05, 0) is 25.7 Å². The summed E-state index contributed by atoms with van der Waals surface area (Å²) in [6.45, 7) is 4.37. The number of aliphatic imine (C=N–C) groups is 1. The van der Waals surface area contributed by atoms with Crippen LogP contribution in [0.3, 0.4) is 0 Å². The van der Waals surface area contributed by atoms with E-state index in [2.05, 4.69) is 24.2 Å². The average molecular weight is 183 g/mol. The molecule has 0 aromatic rings. The van der Waals surface area contributed by atoms with Crippen LogP contribution in [0.4, 0.5) is 0 Å². The van der Waals surface area contributed by atoms with Gasteiger partial charge in [0, 0.05) is 6.04 Å². The van der Waals surface area contributed by atoms with E-state index in [0.29, 0.717) is 18.0 Å². The maximum absolute atomic E-state index is 5.76. The highest BCUT2D eigenvalue weighted by atomic mass is 15.1. The minimum atomic E-state index is 0.507. The lowest BCUT2D eigenvalue weighted by Gasteiger charge is -2.16. The third kappa shape index (κ3) is 4.15. The third-order valence-corrected chi connectivity index (χ3v) is 2.35. The Bertz CT molecular complexity index is 173. The lowest BCUT2D eigenvalue weighted by Crippen LogP contribution is -2.39. The van der Waals surface area contributed by atoms with Crippen molar-refractivity contribution in [3.63, 3.8) is 0 Å². The van der Waals surface area contributed by atoms with E-state index < -0.39 is 0 Å². The van der Waals surface area contributed by atoms with Crippen LogP contribution in [0, 0.1) is 0 Å². The predicted molar refractivity (Wildman–Crippen MR) is 56.8 cm³/mol. The smallest absolute Gasteiger partial charge is 0.189 e. The number of guanidine groups is 1. The van der Waals surface area contributed by atoms with Gasteiger partial charge in [0.05, 0.1) is 6.04 Å². The molecule has 1 rings (SSSR count). The fourth-order valence-electron chi connectivity index (χ4n) is 1.37. The molecule has 1 saturated carbocycles. The number of nitrogens with one attached hydrogen (secondary N) is 1. The maximum atomic E-state index is 5.76. The van der Waals surface area contributed by atoms with Crippen LogP contribution >= 0.6 is 0 Å². The van der Waals surface area contributed by atoms with Crippen molar-refractivity contribution < 1.29 is 0 Å². The van der Waals surface area contributed by atoms with Gasteiger partial charge in [-0.3, -0.25) is 4.99 Å². The molecule has 76 valence electrons. The highest BCUT2D eigenvalue weighted by molar-refractivity contribution is 5.78. The highest BCUT2D eigenvalue weighted by Crippen LogP contribution is 2.23. The monoisotopic (exact) mass is 183 g/mol. The second-order valence-electron chi connectivity index (χ2n) is 3.78. The van der Waals surface area contributed by atoms with Gasteiger partial charge in [-0.1, -0.05) is 20.3 Å². The van der Waals surface area contributed by atoms with Crippen LogP contribution in [-0.4, -0.2) is 18.0 Å². The van der Waals surface area contributed by atoms with Crippen LogP contribution in [0.2, 0.25) is 0 Å². The van der Waals surface area contributed by atoms with Crippen LogP contribution in [0.5, 0.6) is 0 Å². The van der Waals surface area contributed by atoms with E-state index >= 15 is 0 Å². The second kappa shape index (κ2) is 5.10. The van der Waals surface area contributed by atoms with Gasteiger partial charge >= 0.3 is 0 Å². The SMILES string of the molecule is CCCC(CC)NC(N)=NC1CC1. The molecule has 1 aliphatic rings. The number of rotatable bonds is 5. The summed E-state index contributed by atoms with van der Waals surface area (Å²) in [5, 5.41) is 3.27. The van der Waals surface area contributed by atoms with E-state index in [9.17, 15) is 0 Å². The first-order valence-electron chi connectivity index (χ1n) is 5.36. The predicted octanol–water partition coefficient (Wildman–Crippen LogP) is 1.63. The summed E-state index contributed by atoms with van der Waals surface area (Å²) in [7, 11) is 0. The molecule has 0 bridgehead atoms. The van der Waals surface area contributed by atoms with Gasteiger partial charge in [-0.15, -0.1) is 0 Å². The normalized spacial score (nSPS) is 20.0. The van der Waals surface area contributed by atoms with Gasteiger partial charge in [0.1, 0.15) is 0 Å². The van der Waals surface area contributed by atoms with Crippen molar-refractivity contribution in [1.29, 1.82) is 0 Å². The van der Waals surface area contributed by atoms with Crippen molar-refractivity contribution in [2.75, 3.05) is 0 Å². The molecule has 13 heavy (non-hydrogen) atoms. The molecule has 3 heteroatoms. The first kappa shape index (κ1) is 10.4. The molecule has 0 aliphatic heterocycles. The van der Waals surface area contributed by atoms with Gasteiger partial charge in [0.15, 0.2) is 5.96 Å². The maximum Gasteiger partial charge on any atom is 0.189 e. The Labute approximate surface area is 80.8 Å². The van der Waals surface area contributed by atoms with Crippen molar-refractivity contribution >= 4 is 5.96 Å². The van der Waals surface area contributed by atoms with Crippen LogP contribution in [0.1, 0.15) is 46.0 Å². The van der Waals surface area contributed by atoms with E-state index in [1.165, 1.54) is 25.7 Å². The topological polar surface area (TPSA) is 50.4 Å². The Morgan fingerprint density at radius 1 is 1.54 bits per heavy atom. The van der Waals surface area contributed by atoms with Crippen molar-refractivity contribution in [3.05, 3.63) is 0 Å². The Kier molecular flexibility index (Phi) is 4.06.